The lowest BCUT2D eigenvalue weighted by Crippen LogP contribution is -2.47. The average Bonchev–Trinajstić information content (AvgIpc) is 2.46. The number of ether oxygens (including phenoxy) is 1. The highest BCUT2D eigenvalue weighted by molar-refractivity contribution is 5.81. The molecule has 1 saturated heterocycles. The van der Waals surface area contributed by atoms with Crippen molar-refractivity contribution in [2.75, 3.05) is 40.3 Å². The maximum Gasteiger partial charge on any atom is 0.309 e. The van der Waals surface area contributed by atoms with Gasteiger partial charge in [0.05, 0.1) is 25.5 Å². The first kappa shape index (κ1) is 17.4. The Morgan fingerprint density at radius 1 is 1.43 bits per heavy atom. The molecule has 1 aliphatic heterocycles. The van der Waals surface area contributed by atoms with E-state index in [1.54, 1.807) is 23.8 Å². The predicted octanol–water partition coefficient (Wildman–Crippen LogP) is -0.549. The number of nitrogens with two attached hydrogens (primary N) is 1. The van der Waals surface area contributed by atoms with E-state index in [0.717, 1.165) is 12.8 Å². The number of hydrogen-bond acceptors (Lipinski definition) is 5. The van der Waals surface area contributed by atoms with Gasteiger partial charge in [0.25, 0.3) is 0 Å². The highest BCUT2D eigenvalue weighted by Crippen LogP contribution is 2.16. The van der Waals surface area contributed by atoms with Gasteiger partial charge in [0, 0.05) is 19.6 Å². The number of methoxy groups -OCH3 is 1. The van der Waals surface area contributed by atoms with E-state index < -0.39 is 0 Å². The van der Waals surface area contributed by atoms with Crippen molar-refractivity contribution in [1.82, 2.24) is 9.80 Å². The third-order valence-electron chi connectivity index (χ3n) is 3.77. The summed E-state index contributed by atoms with van der Waals surface area (Å²) >= 11 is 0. The van der Waals surface area contributed by atoms with Gasteiger partial charge in [0.2, 0.25) is 11.8 Å². The molecule has 2 N–H and O–H groups in total. The molecule has 1 aliphatic rings. The lowest BCUT2D eigenvalue weighted by Gasteiger charge is -2.32. The molecule has 120 valence electrons. The van der Waals surface area contributed by atoms with Gasteiger partial charge in [-0.3, -0.25) is 19.3 Å². The summed E-state index contributed by atoms with van der Waals surface area (Å²) in [6.45, 7) is 3.48. The van der Waals surface area contributed by atoms with Gasteiger partial charge in [-0.15, -0.1) is 0 Å². The largest absolute Gasteiger partial charge is 0.469 e. The minimum atomic E-state index is -0.347. The number of likely N-dealkylation sites (N-methyl/N-ethyl adjacent to an activating group) is 1. The van der Waals surface area contributed by atoms with E-state index in [-0.39, 0.29) is 36.2 Å². The van der Waals surface area contributed by atoms with E-state index in [2.05, 4.69) is 4.74 Å². The van der Waals surface area contributed by atoms with Crippen molar-refractivity contribution in [2.24, 2.45) is 17.6 Å². The van der Waals surface area contributed by atoms with Crippen molar-refractivity contribution < 1.29 is 19.1 Å². The fourth-order valence-electron chi connectivity index (χ4n) is 2.57. The highest BCUT2D eigenvalue weighted by Gasteiger charge is 2.27. The van der Waals surface area contributed by atoms with Crippen LogP contribution in [0.25, 0.3) is 0 Å². The molecule has 1 rings (SSSR count). The minimum absolute atomic E-state index is 0.0412. The second-order valence-corrected chi connectivity index (χ2v) is 5.70. The maximum absolute atomic E-state index is 12.2. The van der Waals surface area contributed by atoms with E-state index in [1.807, 2.05) is 0 Å². The molecule has 0 radical (unpaired) electrons. The van der Waals surface area contributed by atoms with Gasteiger partial charge in [-0.25, -0.2) is 0 Å². The van der Waals surface area contributed by atoms with Crippen LogP contribution in [0.2, 0.25) is 0 Å². The zero-order valence-electron chi connectivity index (χ0n) is 13.0. The number of piperidine rings is 1. The van der Waals surface area contributed by atoms with Crippen LogP contribution in [0.3, 0.4) is 0 Å². The Bertz CT molecular complexity index is 400. The van der Waals surface area contributed by atoms with Crippen LogP contribution in [-0.2, 0) is 19.1 Å². The van der Waals surface area contributed by atoms with Gasteiger partial charge in [-0.05, 0) is 19.9 Å². The summed E-state index contributed by atoms with van der Waals surface area (Å²) in [5, 5.41) is 0. The average molecular weight is 299 g/mol. The zero-order chi connectivity index (χ0) is 16.0. The molecule has 0 spiro atoms. The van der Waals surface area contributed by atoms with E-state index in [4.69, 9.17) is 5.73 Å². The monoisotopic (exact) mass is 299 g/mol. The van der Waals surface area contributed by atoms with Crippen LogP contribution in [0.1, 0.15) is 19.8 Å². The second kappa shape index (κ2) is 7.97. The van der Waals surface area contributed by atoms with E-state index in [0.29, 0.717) is 19.6 Å². The van der Waals surface area contributed by atoms with Gasteiger partial charge >= 0.3 is 5.97 Å². The lowest BCUT2D eigenvalue weighted by molar-refractivity contribution is -0.146. The first-order valence-corrected chi connectivity index (χ1v) is 7.18. The summed E-state index contributed by atoms with van der Waals surface area (Å²) in [4.78, 5) is 38.3. The molecule has 1 fully saturated rings. The van der Waals surface area contributed by atoms with Crippen molar-refractivity contribution in [2.45, 2.75) is 19.8 Å². The third-order valence-corrected chi connectivity index (χ3v) is 3.77. The number of hydrogen-bond donors (Lipinski definition) is 1. The highest BCUT2D eigenvalue weighted by atomic mass is 16.5. The van der Waals surface area contributed by atoms with Gasteiger partial charge in [-0.1, -0.05) is 6.92 Å². The SMILES string of the molecule is COC(=O)C(C)CN(C)CC(=O)N1CCCC(C(N)=O)C1. The van der Waals surface area contributed by atoms with E-state index in [1.165, 1.54) is 7.11 Å². The van der Waals surface area contributed by atoms with Crippen molar-refractivity contribution in [3.63, 3.8) is 0 Å². The number of rotatable bonds is 6. The standard InChI is InChI=1S/C14H25N3O4/c1-10(14(20)21-3)7-16(2)9-12(18)17-6-4-5-11(8-17)13(15)19/h10-11H,4-9H2,1-3H3,(H2,15,19). The fourth-order valence-corrected chi connectivity index (χ4v) is 2.57. The van der Waals surface area contributed by atoms with E-state index in [9.17, 15) is 14.4 Å². The summed E-state index contributed by atoms with van der Waals surface area (Å²) < 4.78 is 4.66. The Hall–Kier alpha value is -1.63. The van der Waals surface area contributed by atoms with Gasteiger partial charge < -0.3 is 15.4 Å². The molecule has 2 amide bonds. The quantitative estimate of drug-likeness (QED) is 0.664. The topological polar surface area (TPSA) is 92.9 Å². The third kappa shape index (κ3) is 5.34. The molecule has 0 aromatic heterocycles. The Kier molecular flexibility index (Phi) is 6.61. The molecular formula is C14H25N3O4. The predicted molar refractivity (Wildman–Crippen MR) is 77.2 cm³/mol. The summed E-state index contributed by atoms with van der Waals surface area (Å²) in [6, 6.07) is 0. The normalized spacial score (nSPS) is 20.2. The Labute approximate surface area is 125 Å². The minimum Gasteiger partial charge on any atom is -0.469 e. The van der Waals surface area contributed by atoms with Crippen LogP contribution in [-0.4, -0.2) is 67.9 Å². The van der Waals surface area contributed by atoms with Gasteiger partial charge in [-0.2, -0.15) is 0 Å². The number of nitrogens with zero attached hydrogens (tertiary/aromatic N) is 2. The van der Waals surface area contributed by atoms with Crippen LogP contribution < -0.4 is 5.73 Å². The van der Waals surface area contributed by atoms with Gasteiger partial charge in [0.1, 0.15) is 0 Å². The molecule has 2 atom stereocenters. The van der Waals surface area contributed by atoms with Crippen LogP contribution in [0.5, 0.6) is 0 Å². The lowest BCUT2D eigenvalue weighted by atomic mass is 9.97. The summed E-state index contributed by atoms with van der Waals surface area (Å²) in [5.74, 6) is -1.21. The molecule has 0 aromatic carbocycles. The molecule has 2 unspecified atom stereocenters. The van der Waals surface area contributed by atoms with E-state index >= 15 is 0 Å². The maximum atomic E-state index is 12.2. The van der Waals surface area contributed by atoms with Crippen LogP contribution >= 0.6 is 0 Å². The summed E-state index contributed by atoms with van der Waals surface area (Å²) in [6.07, 6.45) is 1.54. The first-order valence-electron chi connectivity index (χ1n) is 7.18. The number of carbonyl (C=O) groups excluding carboxylic acids is 3. The number of esters is 1. The number of primary amides is 1. The molecule has 1 heterocycles. The molecular weight excluding hydrogens is 274 g/mol. The smallest absolute Gasteiger partial charge is 0.309 e. The molecule has 7 heteroatoms. The van der Waals surface area contributed by atoms with Crippen molar-refractivity contribution in [3.05, 3.63) is 0 Å². The number of carbonyl (C=O) groups is 3. The van der Waals surface area contributed by atoms with Crippen molar-refractivity contribution >= 4 is 17.8 Å². The summed E-state index contributed by atoms with van der Waals surface area (Å²) in [7, 11) is 3.13. The molecule has 0 aromatic rings. The number of likely N-dealkylation sites (tertiary alicyclic amines) is 1. The Balaban J connectivity index is 2.45. The van der Waals surface area contributed by atoms with Crippen LogP contribution in [0.4, 0.5) is 0 Å². The summed E-state index contributed by atoms with van der Waals surface area (Å²) in [5.41, 5.74) is 5.31. The zero-order valence-corrected chi connectivity index (χ0v) is 13.0. The van der Waals surface area contributed by atoms with Gasteiger partial charge in [0.15, 0.2) is 0 Å². The fraction of sp³-hybridized carbons (Fsp3) is 0.786. The molecule has 7 nitrogen and oxygen atoms in total. The van der Waals surface area contributed by atoms with Crippen molar-refractivity contribution in [3.8, 4) is 0 Å². The van der Waals surface area contributed by atoms with Crippen LogP contribution in [0, 0.1) is 11.8 Å². The second-order valence-electron chi connectivity index (χ2n) is 5.70. The van der Waals surface area contributed by atoms with Crippen molar-refractivity contribution in [1.29, 1.82) is 0 Å². The molecule has 0 aliphatic carbocycles. The first-order chi connectivity index (χ1) is 9.85. The Morgan fingerprint density at radius 3 is 2.67 bits per heavy atom. The molecule has 21 heavy (non-hydrogen) atoms. The molecule has 0 saturated carbocycles. The Morgan fingerprint density at radius 2 is 2.10 bits per heavy atom. The number of amides is 2. The van der Waals surface area contributed by atoms with Crippen LogP contribution in [0.15, 0.2) is 0 Å². The molecule has 0 bridgehead atoms.